The van der Waals surface area contributed by atoms with Crippen molar-refractivity contribution in [1.82, 2.24) is 9.55 Å². The molecule has 6 nitrogen and oxygen atoms in total. The SMILES string of the molecule is COC(=O)c1cc(NCc2ccc(OCCn3ccnc3)c(Cl)c2)ccc1Cl. The van der Waals surface area contributed by atoms with Crippen LogP contribution in [0.15, 0.2) is 55.1 Å². The Bertz CT molecular complexity index is 946. The van der Waals surface area contributed by atoms with E-state index < -0.39 is 5.97 Å². The molecule has 0 saturated carbocycles. The van der Waals surface area contributed by atoms with Crippen LogP contribution in [0.3, 0.4) is 0 Å². The van der Waals surface area contributed by atoms with E-state index in [-0.39, 0.29) is 0 Å². The van der Waals surface area contributed by atoms with Crippen LogP contribution in [0.25, 0.3) is 0 Å². The molecule has 28 heavy (non-hydrogen) atoms. The Kier molecular flexibility index (Phi) is 6.79. The highest BCUT2D eigenvalue weighted by atomic mass is 35.5. The van der Waals surface area contributed by atoms with Gasteiger partial charge in [-0.2, -0.15) is 0 Å². The molecule has 0 radical (unpaired) electrons. The molecule has 0 atom stereocenters. The monoisotopic (exact) mass is 419 g/mol. The van der Waals surface area contributed by atoms with Gasteiger partial charge in [-0.05, 0) is 35.9 Å². The number of imidazole rings is 1. The minimum atomic E-state index is -0.478. The van der Waals surface area contributed by atoms with Crippen LogP contribution < -0.4 is 10.1 Å². The molecule has 1 aromatic heterocycles. The molecular formula is C20H19Cl2N3O3. The quantitative estimate of drug-likeness (QED) is 0.537. The zero-order chi connectivity index (χ0) is 19.9. The van der Waals surface area contributed by atoms with Gasteiger partial charge in [0, 0.05) is 24.6 Å². The van der Waals surface area contributed by atoms with Gasteiger partial charge in [-0.1, -0.05) is 29.3 Å². The van der Waals surface area contributed by atoms with Crippen molar-refractivity contribution in [2.75, 3.05) is 19.0 Å². The first-order valence-corrected chi connectivity index (χ1v) is 9.31. The van der Waals surface area contributed by atoms with Gasteiger partial charge in [0.05, 0.1) is 35.6 Å². The van der Waals surface area contributed by atoms with Gasteiger partial charge >= 0.3 is 5.97 Å². The van der Waals surface area contributed by atoms with Gasteiger partial charge in [0.2, 0.25) is 0 Å². The van der Waals surface area contributed by atoms with Crippen LogP contribution in [0.5, 0.6) is 5.75 Å². The summed E-state index contributed by atoms with van der Waals surface area (Å²) in [4.78, 5) is 15.7. The summed E-state index contributed by atoms with van der Waals surface area (Å²) in [6.45, 7) is 1.71. The van der Waals surface area contributed by atoms with Crippen LogP contribution >= 0.6 is 23.2 Å². The fourth-order valence-electron chi connectivity index (χ4n) is 2.56. The lowest BCUT2D eigenvalue weighted by molar-refractivity contribution is 0.0601. The van der Waals surface area contributed by atoms with Gasteiger partial charge < -0.3 is 19.4 Å². The Morgan fingerprint density at radius 1 is 1.18 bits per heavy atom. The normalized spacial score (nSPS) is 10.5. The standard InChI is InChI=1S/C20H19Cl2N3O3/c1-27-20(26)16-11-15(3-4-17(16)21)24-12-14-2-5-19(18(22)10-14)28-9-8-25-7-6-23-13-25/h2-7,10-11,13,24H,8-9,12H2,1H3. The molecular weight excluding hydrogens is 401 g/mol. The number of hydrogen-bond donors (Lipinski definition) is 1. The molecule has 1 heterocycles. The van der Waals surface area contributed by atoms with Crippen molar-refractivity contribution in [3.05, 3.63) is 76.3 Å². The van der Waals surface area contributed by atoms with Crippen LogP contribution in [0.2, 0.25) is 10.0 Å². The minimum absolute atomic E-state index is 0.314. The van der Waals surface area contributed by atoms with Gasteiger partial charge in [0.1, 0.15) is 12.4 Å². The summed E-state index contributed by atoms with van der Waals surface area (Å²) in [5.74, 6) is 0.152. The number of hydrogen-bond acceptors (Lipinski definition) is 5. The van der Waals surface area contributed by atoms with Crippen LogP contribution in [0.1, 0.15) is 15.9 Å². The van der Waals surface area contributed by atoms with Crippen molar-refractivity contribution in [3.63, 3.8) is 0 Å². The number of carbonyl (C=O) groups is 1. The molecule has 0 aliphatic carbocycles. The van der Waals surface area contributed by atoms with Crippen LogP contribution in [0, 0.1) is 0 Å². The molecule has 0 aliphatic rings. The van der Waals surface area contributed by atoms with Gasteiger partial charge in [0.15, 0.2) is 0 Å². The van der Waals surface area contributed by atoms with Gasteiger partial charge in [0.25, 0.3) is 0 Å². The van der Waals surface area contributed by atoms with Crippen molar-refractivity contribution in [1.29, 1.82) is 0 Å². The molecule has 0 amide bonds. The summed E-state index contributed by atoms with van der Waals surface area (Å²) in [6.07, 6.45) is 5.34. The highest BCUT2D eigenvalue weighted by Gasteiger charge is 2.11. The molecule has 0 fully saturated rings. The number of nitrogens with zero attached hydrogens (tertiary/aromatic N) is 2. The lowest BCUT2D eigenvalue weighted by atomic mass is 10.1. The van der Waals surface area contributed by atoms with E-state index in [9.17, 15) is 4.79 Å². The van der Waals surface area contributed by atoms with Crippen molar-refractivity contribution in [3.8, 4) is 5.75 Å². The summed E-state index contributed by atoms with van der Waals surface area (Å²) in [5.41, 5.74) is 2.04. The zero-order valence-electron chi connectivity index (χ0n) is 15.2. The maximum atomic E-state index is 11.7. The van der Waals surface area contributed by atoms with Gasteiger partial charge in [-0.3, -0.25) is 0 Å². The van der Waals surface area contributed by atoms with Crippen LogP contribution in [-0.4, -0.2) is 29.2 Å². The molecule has 0 aliphatic heterocycles. The molecule has 3 rings (SSSR count). The summed E-state index contributed by atoms with van der Waals surface area (Å²) in [6, 6.07) is 10.7. The van der Waals surface area contributed by atoms with E-state index in [0.29, 0.717) is 41.1 Å². The third-order valence-corrected chi connectivity index (χ3v) is 4.66. The van der Waals surface area contributed by atoms with Crippen molar-refractivity contribution >= 4 is 34.9 Å². The van der Waals surface area contributed by atoms with E-state index in [0.717, 1.165) is 11.3 Å². The number of benzene rings is 2. The lowest BCUT2D eigenvalue weighted by Crippen LogP contribution is -2.07. The maximum absolute atomic E-state index is 11.7. The first kappa shape index (κ1) is 20.0. The maximum Gasteiger partial charge on any atom is 0.339 e. The number of methoxy groups -OCH3 is 1. The molecule has 0 spiro atoms. The second kappa shape index (κ2) is 9.48. The molecule has 8 heteroatoms. The number of rotatable bonds is 8. The molecule has 0 saturated heterocycles. The van der Waals surface area contributed by atoms with E-state index in [1.165, 1.54) is 7.11 Å². The molecule has 1 N–H and O–H groups in total. The summed E-state index contributed by atoms with van der Waals surface area (Å²) < 4.78 is 12.4. The number of carbonyl (C=O) groups excluding carboxylic acids is 1. The smallest absolute Gasteiger partial charge is 0.339 e. The third kappa shape index (κ3) is 5.18. The average Bonchev–Trinajstić information content (AvgIpc) is 3.21. The Morgan fingerprint density at radius 3 is 2.75 bits per heavy atom. The van der Waals surface area contributed by atoms with E-state index in [2.05, 4.69) is 10.3 Å². The molecule has 0 unspecified atom stereocenters. The lowest BCUT2D eigenvalue weighted by Gasteiger charge is -2.12. The van der Waals surface area contributed by atoms with E-state index in [4.69, 9.17) is 32.7 Å². The van der Waals surface area contributed by atoms with Crippen molar-refractivity contribution in [2.24, 2.45) is 0 Å². The average molecular weight is 420 g/mol. The second-order valence-electron chi connectivity index (χ2n) is 5.95. The number of esters is 1. The summed E-state index contributed by atoms with van der Waals surface area (Å²) in [7, 11) is 1.32. The molecule has 0 bridgehead atoms. The first-order chi connectivity index (χ1) is 13.6. The first-order valence-electron chi connectivity index (χ1n) is 8.55. The number of halogens is 2. The molecule has 3 aromatic rings. The van der Waals surface area contributed by atoms with Crippen LogP contribution in [0.4, 0.5) is 5.69 Å². The minimum Gasteiger partial charge on any atom is -0.490 e. The predicted molar refractivity (Wildman–Crippen MR) is 109 cm³/mol. The van der Waals surface area contributed by atoms with Gasteiger partial charge in [-0.15, -0.1) is 0 Å². The Labute approximate surface area is 173 Å². The highest BCUT2D eigenvalue weighted by molar-refractivity contribution is 6.33. The number of nitrogens with one attached hydrogen (secondary N) is 1. The molecule has 146 valence electrons. The van der Waals surface area contributed by atoms with Crippen molar-refractivity contribution < 1.29 is 14.3 Å². The largest absolute Gasteiger partial charge is 0.490 e. The number of ether oxygens (including phenoxy) is 2. The second-order valence-corrected chi connectivity index (χ2v) is 6.77. The van der Waals surface area contributed by atoms with E-state index in [1.54, 1.807) is 30.7 Å². The topological polar surface area (TPSA) is 65.4 Å². The van der Waals surface area contributed by atoms with Crippen molar-refractivity contribution in [2.45, 2.75) is 13.1 Å². The Hall–Kier alpha value is -2.70. The highest BCUT2D eigenvalue weighted by Crippen LogP contribution is 2.26. The fourth-order valence-corrected chi connectivity index (χ4v) is 3.01. The Morgan fingerprint density at radius 2 is 2.04 bits per heavy atom. The van der Waals surface area contributed by atoms with Gasteiger partial charge in [-0.25, -0.2) is 9.78 Å². The zero-order valence-corrected chi connectivity index (χ0v) is 16.7. The predicted octanol–water partition coefficient (Wildman–Crippen LogP) is 4.67. The summed E-state index contributed by atoms with van der Waals surface area (Å²) in [5, 5.41) is 4.12. The Balaban J connectivity index is 1.58. The molecule has 2 aromatic carbocycles. The number of anilines is 1. The van der Waals surface area contributed by atoms with E-state index >= 15 is 0 Å². The fraction of sp³-hybridized carbons (Fsp3) is 0.200. The number of aromatic nitrogens is 2. The third-order valence-electron chi connectivity index (χ3n) is 4.03. The van der Waals surface area contributed by atoms with E-state index in [1.807, 2.05) is 29.0 Å². The van der Waals surface area contributed by atoms with Crippen LogP contribution in [-0.2, 0) is 17.8 Å². The summed E-state index contributed by atoms with van der Waals surface area (Å²) >= 11 is 12.4.